The van der Waals surface area contributed by atoms with E-state index < -0.39 is 0 Å². The number of hydrogen-bond donors (Lipinski definition) is 1. The van der Waals surface area contributed by atoms with Gasteiger partial charge < -0.3 is 14.6 Å². The number of aryl methyl sites for hydroxylation is 1. The highest BCUT2D eigenvalue weighted by molar-refractivity contribution is 6.30. The summed E-state index contributed by atoms with van der Waals surface area (Å²) >= 11 is 5.79. The topological polar surface area (TPSA) is 42.6 Å². The van der Waals surface area contributed by atoms with Crippen molar-refractivity contribution in [3.05, 3.63) is 47.2 Å². The van der Waals surface area contributed by atoms with Crippen LogP contribution >= 0.6 is 11.6 Å². The zero-order valence-electron chi connectivity index (χ0n) is 11.5. The normalized spacial score (nSPS) is 10.3. The maximum absolute atomic E-state index is 9.77. The smallest absolute Gasteiger partial charge is 0.228 e. The van der Waals surface area contributed by atoms with Crippen LogP contribution in [0.3, 0.4) is 0 Å². The van der Waals surface area contributed by atoms with Crippen molar-refractivity contribution in [1.82, 2.24) is 0 Å². The zero-order valence-corrected chi connectivity index (χ0v) is 12.2. The summed E-state index contributed by atoms with van der Waals surface area (Å²) in [6.07, 6.45) is 1.78. The first-order chi connectivity index (χ1) is 9.58. The van der Waals surface area contributed by atoms with Crippen LogP contribution in [-0.4, -0.2) is 18.3 Å². The van der Waals surface area contributed by atoms with Crippen molar-refractivity contribution in [2.45, 2.75) is 6.92 Å². The lowest BCUT2D eigenvalue weighted by atomic mass is 10.3. The van der Waals surface area contributed by atoms with Crippen LogP contribution in [0.4, 0.5) is 0 Å². The Morgan fingerprint density at radius 3 is 2.45 bits per heavy atom. The van der Waals surface area contributed by atoms with E-state index in [0.717, 1.165) is 11.4 Å². The maximum Gasteiger partial charge on any atom is 0.228 e. The van der Waals surface area contributed by atoms with Crippen molar-refractivity contribution in [3.8, 4) is 17.2 Å². The number of ether oxygens (including phenoxy) is 2. The molecule has 0 spiro atoms. The summed E-state index contributed by atoms with van der Waals surface area (Å²) < 4.78 is 13.0. The Bertz CT molecular complexity index is 584. The van der Waals surface area contributed by atoms with Crippen LogP contribution in [0.1, 0.15) is 5.69 Å². The highest BCUT2D eigenvalue weighted by atomic mass is 35.5. The average Bonchev–Trinajstić information content (AvgIpc) is 2.44. The Kier molecular flexibility index (Phi) is 4.69. The Hall–Kier alpha value is -1.94. The third kappa shape index (κ3) is 3.54. The van der Waals surface area contributed by atoms with Gasteiger partial charge in [-0.1, -0.05) is 11.6 Å². The van der Waals surface area contributed by atoms with Crippen molar-refractivity contribution in [2.75, 3.05) is 13.2 Å². The second-order valence-corrected chi connectivity index (χ2v) is 4.81. The number of rotatable bonds is 5. The molecule has 0 aliphatic carbocycles. The van der Waals surface area contributed by atoms with E-state index in [1.807, 2.05) is 18.5 Å². The molecule has 1 heterocycles. The molecule has 1 aromatic carbocycles. The molecule has 2 rings (SSSR count). The van der Waals surface area contributed by atoms with E-state index in [0.29, 0.717) is 24.0 Å². The van der Waals surface area contributed by atoms with E-state index in [2.05, 4.69) is 0 Å². The first-order valence-electron chi connectivity index (χ1n) is 6.27. The van der Waals surface area contributed by atoms with Gasteiger partial charge >= 0.3 is 0 Å². The maximum atomic E-state index is 9.77. The Balaban J connectivity index is 1.87. The second-order valence-electron chi connectivity index (χ2n) is 4.38. The van der Waals surface area contributed by atoms with Gasteiger partial charge in [0.25, 0.3) is 0 Å². The molecule has 0 fully saturated rings. The van der Waals surface area contributed by atoms with Gasteiger partial charge in [0, 0.05) is 18.0 Å². The van der Waals surface area contributed by atoms with Crippen molar-refractivity contribution < 1.29 is 19.1 Å². The zero-order chi connectivity index (χ0) is 14.5. The fourth-order valence-corrected chi connectivity index (χ4v) is 1.85. The lowest BCUT2D eigenvalue weighted by Crippen LogP contribution is -2.31. The van der Waals surface area contributed by atoms with Crippen molar-refractivity contribution in [1.29, 1.82) is 0 Å². The van der Waals surface area contributed by atoms with Crippen molar-refractivity contribution in [3.63, 3.8) is 0 Å². The molecule has 0 aliphatic rings. The minimum Gasteiger partial charge on any atom is -0.504 e. The summed E-state index contributed by atoms with van der Waals surface area (Å²) in [5.41, 5.74) is 0.858. The summed E-state index contributed by atoms with van der Waals surface area (Å²) in [7, 11) is 1.89. The Morgan fingerprint density at radius 1 is 1.10 bits per heavy atom. The first-order valence-corrected chi connectivity index (χ1v) is 6.65. The van der Waals surface area contributed by atoms with Gasteiger partial charge in [0.1, 0.15) is 26.0 Å². The molecule has 4 nitrogen and oxygen atoms in total. The summed E-state index contributed by atoms with van der Waals surface area (Å²) in [6.45, 7) is 2.62. The van der Waals surface area contributed by atoms with Gasteiger partial charge in [0.15, 0.2) is 11.9 Å². The van der Waals surface area contributed by atoms with Gasteiger partial charge in [-0.25, -0.2) is 4.57 Å². The molecule has 0 amide bonds. The predicted molar refractivity (Wildman–Crippen MR) is 76.5 cm³/mol. The highest BCUT2D eigenvalue weighted by Gasteiger charge is 2.14. The van der Waals surface area contributed by atoms with Gasteiger partial charge in [-0.05, 0) is 24.3 Å². The number of aromatic nitrogens is 1. The molecular weight excluding hydrogens is 278 g/mol. The van der Waals surface area contributed by atoms with Gasteiger partial charge in [-0.15, -0.1) is 0 Å². The molecule has 20 heavy (non-hydrogen) atoms. The van der Waals surface area contributed by atoms with Gasteiger partial charge in [0.05, 0.1) is 0 Å². The third-order valence-corrected chi connectivity index (χ3v) is 3.21. The fraction of sp³-hybridized carbons (Fsp3) is 0.267. The van der Waals surface area contributed by atoms with Gasteiger partial charge in [-0.3, -0.25) is 0 Å². The van der Waals surface area contributed by atoms with E-state index in [4.69, 9.17) is 21.1 Å². The van der Waals surface area contributed by atoms with Crippen LogP contribution in [0.25, 0.3) is 0 Å². The quantitative estimate of drug-likeness (QED) is 0.681. The van der Waals surface area contributed by atoms with Gasteiger partial charge in [-0.2, -0.15) is 0 Å². The summed E-state index contributed by atoms with van der Waals surface area (Å²) in [4.78, 5) is 0. The van der Waals surface area contributed by atoms with Crippen molar-refractivity contribution >= 4 is 11.6 Å². The fourth-order valence-electron chi connectivity index (χ4n) is 1.73. The SMILES string of the molecule is Cc1c(OCCOc2ccc(Cl)cc2)c(O)cc[n+]1C. The largest absolute Gasteiger partial charge is 0.504 e. The van der Waals surface area contributed by atoms with Crippen LogP contribution in [0, 0.1) is 6.92 Å². The lowest BCUT2D eigenvalue weighted by molar-refractivity contribution is -0.678. The molecule has 106 valence electrons. The minimum absolute atomic E-state index is 0.132. The monoisotopic (exact) mass is 294 g/mol. The minimum atomic E-state index is 0.132. The van der Waals surface area contributed by atoms with Crippen molar-refractivity contribution in [2.24, 2.45) is 7.05 Å². The van der Waals surface area contributed by atoms with Crippen LogP contribution in [0.15, 0.2) is 36.5 Å². The molecule has 0 unspecified atom stereocenters. The molecule has 2 aromatic rings. The molecule has 0 bridgehead atoms. The highest BCUT2D eigenvalue weighted by Crippen LogP contribution is 2.26. The molecule has 1 aromatic heterocycles. The molecule has 0 aliphatic heterocycles. The van der Waals surface area contributed by atoms with Crippen LogP contribution < -0.4 is 14.0 Å². The Morgan fingerprint density at radius 2 is 1.75 bits per heavy atom. The number of aromatic hydroxyl groups is 1. The number of halogens is 1. The number of pyridine rings is 1. The molecule has 0 saturated heterocycles. The van der Waals surface area contributed by atoms with Crippen LogP contribution in [-0.2, 0) is 7.05 Å². The number of benzene rings is 1. The second kappa shape index (κ2) is 6.48. The summed E-state index contributed by atoms with van der Waals surface area (Å²) in [6, 6.07) is 8.74. The summed E-state index contributed by atoms with van der Waals surface area (Å²) in [5.74, 6) is 1.35. The molecule has 0 atom stereocenters. The number of hydrogen-bond acceptors (Lipinski definition) is 3. The molecule has 0 radical (unpaired) electrons. The van der Waals surface area contributed by atoms with E-state index in [1.54, 1.807) is 36.5 Å². The summed E-state index contributed by atoms with van der Waals surface area (Å²) in [5, 5.41) is 10.4. The molecule has 1 N–H and O–H groups in total. The first kappa shape index (κ1) is 14.5. The average molecular weight is 295 g/mol. The predicted octanol–water partition coefficient (Wildman–Crippen LogP) is 2.64. The van der Waals surface area contributed by atoms with E-state index in [-0.39, 0.29) is 5.75 Å². The lowest BCUT2D eigenvalue weighted by Gasteiger charge is -2.10. The Labute approximate surface area is 123 Å². The van der Waals surface area contributed by atoms with E-state index in [1.165, 1.54) is 0 Å². The third-order valence-electron chi connectivity index (χ3n) is 2.96. The molecular formula is C15H17ClNO3+. The number of nitrogens with zero attached hydrogens (tertiary/aromatic N) is 1. The van der Waals surface area contributed by atoms with Gasteiger partial charge in [0.2, 0.25) is 11.4 Å². The van der Waals surface area contributed by atoms with E-state index >= 15 is 0 Å². The molecule has 5 heteroatoms. The van der Waals surface area contributed by atoms with Crippen LogP contribution in [0.5, 0.6) is 17.2 Å². The van der Waals surface area contributed by atoms with Crippen LogP contribution in [0.2, 0.25) is 5.02 Å². The standard InChI is InChI=1S/C15H16ClNO3/c1-11-15(14(18)7-8-17(11)2)20-10-9-19-13-5-3-12(16)4-6-13/h3-8H,9-10H2,1-2H3/p+1. The van der Waals surface area contributed by atoms with E-state index in [9.17, 15) is 5.11 Å². The molecule has 0 saturated carbocycles.